The summed E-state index contributed by atoms with van der Waals surface area (Å²) in [6, 6.07) is 11.8. The van der Waals surface area contributed by atoms with Crippen molar-refractivity contribution < 1.29 is 23.4 Å². The molecular formula is C24H23F2NO4. The average Bonchev–Trinajstić information content (AvgIpc) is 2.72. The highest BCUT2D eigenvalue weighted by Crippen LogP contribution is 2.30. The second-order valence-corrected chi connectivity index (χ2v) is 7.61. The number of pyridine rings is 1. The van der Waals surface area contributed by atoms with Gasteiger partial charge in [0.25, 0.3) is 5.56 Å². The molecule has 5 nitrogen and oxygen atoms in total. The van der Waals surface area contributed by atoms with E-state index >= 15 is 0 Å². The van der Waals surface area contributed by atoms with E-state index in [1.54, 1.807) is 56.5 Å². The van der Waals surface area contributed by atoms with E-state index in [1.165, 1.54) is 23.8 Å². The van der Waals surface area contributed by atoms with Gasteiger partial charge in [-0.05, 0) is 55.3 Å². The SMILES string of the molecule is COc1cc(-n2ccc(C=Cc3ccc(F)c(F)c3)cc2=O)ccc1OCC(C)(C)O. The van der Waals surface area contributed by atoms with Crippen molar-refractivity contribution >= 4 is 12.2 Å². The molecule has 162 valence electrons. The molecule has 0 fully saturated rings. The van der Waals surface area contributed by atoms with Gasteiger partial charge < -0.3 is 14.6 Å². The number of halogens is 2. The molecule has 2 aromatic carbocycles. The van der Waals surface area contributed by atoms with Gasteiger partial charge in [-0.15, -0.1) is 0 Å². The van der Waals surface area contributed by atoms with Gasteiger partial charge in [0, 0.05) is 18.3 Å². The molecule has 1 heterocycles. The maximum Gasteiger partial charge on any atom is 0.255 e. The fourth-order valence-corrected chi connectivity index (χ4v) is 2.80. The van der Waals surface area contributed by atoms with E-state index in [4.69, 9.17) is 9.47 Å². The Balaban J connectivity index is 1.83. The van der Waals surface area contributed by atoms with Crippen molar-refractivity contribution in [3.63, 3.8) is 0 Å². The molecule has 0 saturated heterocycles. The van der Waals surface area contributed by atoms with Gasteiger partial charge in [-0.3, -0.25) is 9.36 Å². The molecule has 3 rings (SSSR count). The number of aromatic nitrogens is 1. The molecular weight excluding hydrogens is 404 g/mol. The third-order valence-corrected chi connectivity index (χ3v) is 4.36. The van der Waals surface area contributed by atoms with E-state index in [0.717, 1.165) is 12.1 Å². The van der Waals surface area contributed by atoms with Crippen LogP contribution in [0.25, 0.3) is 17.8 Å². The van der Waals surface area contributed by atoms with Crippen LogP contribution < -0.4 is 15.0 Å². The molecule has 0 saturated carbocycles. The summed E-state index contributed by atoms with van der Waals surface area (Å²) in [6.07, 6.45) is 4.85. The van der Waals surface area contributed by atoms with Crippen LogP contribution in [0.4, 0.5) is 8.78 Å². The van der Waals surface area contributed by atoms with Crippen LogP contribution in [0.2, 0.25) is 0 Å². The molecule has 0 unspecified atom stereocenters. The largest absolute Gasteiger partial charge is 0.493 e. The second kappa shape index (κ2) is 9.14. The van der Waals surface area contributed by atoms with Gasteiger partial charge in [0.15, 0.2) is 23.1 Å². The minimum Gasteiger partial charge on any atom is -0.493 e. The first-order valence-electron chi connectivity index (χ1n) is 9.56. The molecule has 0 amide bonds. The van der Waals surface area contributed by atoms with Crippen molar-refractivity contribution in [1.82, 2.24) is 4.57 Å². The lowest BCUT2D eigenvalue weighted by atomic mass is 10.1. The Hall–Kier alpha value is -3.45. The van der Waals surface area contributed by atoms with E-state index in [0.29, 0.717) is 28.3 Å². The fraction of sp³-hybridized carbons (Fsp3) is 0.208. The summed E-state index contributed by atoms with van der Waals surface area (Å²) in [7, 11) is 1.49. The van der Waals surface area contributed by atoms with Crippen LogP contribution in [-0.2, 0) is 0 Å². The molecule has 1 N–H and O–H groups in total. The Morgan fingerprint density at radius 2 is 1.68 bits per heavy atom. The third kappa shape index (κ3) is 5.79. The summed E-state index contributed by atoms with van der Waals surface area (Å²) in [4.78, 5) is 12.6. The number of nitrogens with zero attached hydrogens (tertiary/aromatic N) is 1. The molecule has 3 aromatic rings. The van der Waals surface area contributed by atoms with Crippen LogP contribution in [0.3, 0.4) is 0 Å². The number of hydrogen-bond acceptors (Lipinski definition) is 4. The first-order chi connectivity index (χ1) is 14.7. The van der Waals surface area contributed by atoms with Crippen LogP contribution in [0.15, 0.2) is 59.5 Å². The van der Waals surface area contributed by atoms with Crippen LogP contribution in [0, 0.1) is 11.6 Å². The second-order valence-electron chi connectivity index (χ2n) is 7.61. The minimum absolute atomic E-state index is 0.0850. The van der Waals surface area contributed by atoms with Crippen LogP contribution >= 0.6 is 0 Å². The van der Waals surface area contributed by atoms with Crippen molar-refractivity contribution in [2.45, 2.75) is 19.4 Å². The number of benzene rings is 2. The first-order valence-corrected chi connectivity index (χ1v) is 9.56. The Morgan fingerprint density at radius 3 is 2.29 bits per heavy atom. The van der Waals surface area contributed by atoms with Crippen molar-refractivity contribution in [3.8, 4) is 17.2 Å². The van der Waals surface area contributed by atoms with Crippen molar-refractivity contribution in [2.75, 3.05) is 13.7 Å². The summed E-state index contributed by atoms with van der Waals surface area (Å²) in [6.45, 7) is 3.35. The lowest BCUT2D eigenvalue weighted by Crippen LogP contribution is -2.28. The Labute approximate surface area is 178 Å². The zero-order chi connectivity index (χ0) is 22.6. The van der Waals surface area contributed by atoms with E-state index in [9.17, 15) is 18.7 Å². The predicted octanol–water partition coefficient (Wildman–Crippen LogP) is 4.44. The van der Waals surface area contributed by atoms with Gasteiger partial charge >= 0.3 is 0 Å². The van der Waals surface area contributed by atoms with Crippen molar-refractivity contribution in [1.29, 1.82) is 0 Å². The quantitative estimate of drug-likeness (QED) is 0.606. The number of hydrogen-bond donors (Lipinski definition) is 1. The Morgan fingerprint density at radius 1 is 0.968 bits per heavy atom. The van der Waals surface area contributed by atoms with Gasteiger partial charge in [-0.2, -0.15) is 0 Å². The van der Waals surface area contributed by atoms with E-state index < -0.39 is 17.2 Å². The molecule has 7 heteroatoms. The number of rotatable bonds is 7. The summed E-state index contributed by atoms with van der Waals surface area (Å²) >= 11 is 0. The lowest BCUT2D eigenvalue weighted by molar-refractivity contribution is 0.0276. The van der Waals surface area contributed by atoms with Gasteiger partial charge in [0.05, 0.1) is 18.4 Å². The standard InChI is InChI=1S/C24H23F2NO4/c1-24(2,29)15-31-21-9-7-18(14-22(21)30-3)27-11-10-17(13-23(27)28)5-4-16-6-8-19(25)20(26)12-16/h4-14,29H,15H2,1-3H3. The normalized spacial score (nSPS) is 11.7. The molecule has 0 bridgehead atoms. The number of ether oxygens (including phenoxy) is 2. The van der Waals surface area contributed by atoms with Crippen LogP contribution in [0.5, 0.6) is 11.5 Å². The topological polar surface area (TPSA) is 60.7 Å². The number of methoxy groups -OCH3 is 1. The maximum atomic E-state index is 13.3. The molecule has 0 aliphatic rings. The summed E-state index contributed by atoms with van der Waals surface area (Å²) in [5.41, 5.74) is 0.398. The van der Waals surface area contributed by atoms with Gasteiger partial charge in [0.1, 0.15) is 6.61 Å². The summed E-state index contributed by atoms with van der Waals surface area (Å²) < 4.78 is 38.7. The van der Waals surface area contributed by atoms with Crippen LogP contribution in [-0.4, -0.2) is 29.0 Å². The predicted molar refractivity (Wildman–Crippen MR) is 116 cm³/mol. The van der Waals surface area contributed by atoms with Crippen molar-refractivity contribution in [2.24, 2.45) is 0 Å². The molecule has 0 radical (unpaired) electrons. The highest BCUT2D eigenvalue weighted by molar-refractivity contribution is 5.69. The Bertz CT molecular complexity index is 1160. The van der Waals surface area contributed by atoms with Crippen LogP contribution in [0.1, 0.15) is 25.0 Å². The molecule has 0 spiro atoms. The van der Waals surface area contributed by atoms with E-state index in [1.807, 2.05) is 0 Å². The fourth-order valence-electron chi connectivity index (χ4n) is 2.80. The average molecular weight is 427 g/mol. The van der Waals surface area contributed by atoms with Gasteiger partial charge in [-0.25, -0.2) is 8.78 Å². The third-order valence-electron chi connectivity index (χ3n) is 4.36. The Kier molecular flexibility index (Phi) is 6.56. The maximum absolute atomic E-state index is 13.3. The van der Waals surface area contributed by atoms with Gasteiger partial charge in [0.2, 0.25) is 0 Å². The highest BCUT2D eigenvalue weighted by atomic mass is 19.2. The molecule has 0 aliphatic heterocycles. The van der Waals surface area contributed by atoms with E-state index in [-0.39, 0.29) is 12.2 Å². The van der Waals surface area contributed by atoms with E-state index in [2.05, 4.69) is 0 Å². The highest BCUT2D eigenvalue weighted by Gasteiger charge is 2.16. The molecule has 31 heavy (non-hydrogen) atoms. The minimum atomic E-state index is -0.996. The zero-order valence-electron chi connectivity index (χ0n) is 17.4. The van der Waals surface area contributed by atoms with Crippen molar-refractivity contribution in [3.05, 3.63) is 87.8 Å². The zero-order valence-corrected chi connectivity index (χ0v) is 17.4. The molecule has 0 atom stereocenters. The number of aliphatic hydroxyl groups is 1. The lowest BCUT2D eigenvalue weighted by Gasteiger charge is -2.19. The van der Waals surface area contributed by atoms with Gasteiger partial charge in [-0.1, -0.05) is 18.2 Å². The molecule has 0 aliphatic carbocycles. The summed E-state index contributed by atoms with van der Waals surface area (Å²) in [5, 5.41) is 9.83. The monoisotopic (exact) mass is 427 g/mol. The summed E-state index contributed by atoms with van der Waals surface area (Å²) in [5.74, 6) is -0.961. The first kappa shape index (κ1) is 22.2. The molecule has 1 aromatic heterocycles. The smallest absolute Gasteiger partial charge is 0.255 e.